The molecule has 0 unspecified atom stereocenters. The number of nitrogens with zero attached hydrogens (tertiary/aromatic N) is 3. The number of halogens is 3. The molecular weight excluding hydrogens is 253 g/mol. The largest absolute Gasteiger partial charge is 0.401 e. The van der Waals surface area contributed by atoms with Crippen LogP contribution in [0.5, 0.6) is 0 Å². The van der Waals surface area contributed by atoms with Crippen LogP contribution in [-0.2, 0) is 6.54 Å². The number of nitrogens with one attached hydrogen (secondary N) is 1. The molecule has 0 bridgehead atoms. The van der Waals surface area contributed by atoms with Crippen molar-refractivity contribution in [1.29, 1.82) is 0 Å². The van der Waals surface area contributed by atoms with Gasteiger partial charge in [-0.25, -0.2) is 0 Å². The lowest BCUT2D eigenvalue weighted by Gasteiger charge is -2.20. The normalized spacial score (nSPS) is 12.1. The van der Waals surface area contributed by atoms with Crippen LogP contribution >= 0.6 is 11.3 Å². The molecule has 0 atom stereocenters. The molecule has 0 aliphatic rings. The van der Waals surface area contributed by atoms with Crippen LogP contribution in [0.3, 0.4) is 0 Å². The van der Waals surface area contributed by atoms with Crippen LogP contribution in [0, 0.1) is 0 Å². The fourth-order valence-corrected chi connectivity index (χ4v) is 2.11. The van der Waals surface area contributed by atoms with Gasteiger partial charge in [0.15, 0.2) is 0 Å². The van der Waals surface area contributed by atoms with Crippen LogP contribution in [0.25, 0.3) is 0 Å². The third-order valence-corrected chi connectivity index (χ3v) is 2.87. The van der Waals surface area contributed by atoms with E-state index in [0.29, 0.717) is 23.2 Å². The number of aromatic nitrogens is 2. The van der Waals surface area contributed by atoms with Crippen LogP contribution < -0.4 is 5.32 Å². The summed E-state index contributed by atoms with van der Waals surface area (Å²) in [5.41, 5.74) is 0. The summed E-state index contributed by atoms with van der Waals surface area (Å²) in [4.78, 5) is 1.29. The first kappa shape index (κ1) is 14.2. The topological polar surface area (TPSA) is 41.1 Å². The molecule has 17 heavy (non-hydrogen) atoms. The molecule has 0 radical (unpaired) electrons. The lowest BCUT2D eigenvalue weighted by molar-refractivity contribution is -0.146. The highest BCUT2D eigenvalue weighted by Gasteiger charge is 2.30. The third kappa shape index (κ3) is 5.31. The lowest BCUT2D eigenvalue weighted by Crippen LogP contribution is -2.33. The van der Waals surface area contributed by atoms with Gasteiger partial charge in [0, 0.05) is 6.54 Å². The van der Waals surface area contributed by atoms with Gasteiger partial charge in [-0.05, 0) is 13.5 Å². The second-order valence-corrected chi connectivity index (χ2v) is 4.51. The van der Waals surface area contributed by atoms with Gasteiger partial charge in [0.25, 0.3) is 0 Å². The highest BCUT2D eigenvalue weighted by Crippen LogP contribution is 2.20. The van der Waals surface area contributed by atoms with E-state index in [1.54, 1.807) is 6.92 Å². The number of rotatable bonds is 6. The molecule has 1 rings (SSSR count). The summed E-state index contributed by atoms with van der Waals surface area (Å²) in [6, 6.07) is 0. The second-order valence-electron chi connectivity index (χ2n) is 3.45. The van der Waals surface area contributed by atoms with E-state index < -0.39 is 12.7 Å². The van der Waals surface area contributed by atoms with Crippen molar-refractivity contribution in [2.75, 3.05) is 25.0 Å². The van der Waals surface area contributed by atoms with Crippen molar-refractivity contribution in [2.24, 2.45) is 0 Å². The number of hydrogen-bond acceptors (Lipinski definition) is 5. The Kier molecular flexibility index (Phi) is 5.13. The van der Waals surface area contributed by atoms with Crippen molar-refractivity contribution in [3.63, 3.8) is 0 Å². The predicted molar refractivity (Wildman–Crippen MR) is 61.1 cm³/mol. The maximum atomic E-state index is 12.2. The van der Waals surface area contributed by atoms with Gasteiger partial charge in [-0.1, -0.05) is 18.3 Å². The van der Waals surface area contributed by atoms with Gasteiger partial charge >= 0.3 is 6.18 Å². The van der Waals surface area contributed by atoms with E-state index in [4.69, 9.17) is 0 Å². The molecule has 1 heterocycles. The summed E-state index contributed by atoms with van der Waals surface area (Å²) in [6.07, 6.45) is -4.18. The van der Waals surface area contributed by atoms with Crippen molar-refractivity contribution in [2.45, 2.75) is 26.6 Å². The van der Waals surface area contributed by atoms with Gasteiger partial charge in [-0.3, -0.25) is 4.90 Å². The van der Waals surface area contributed by atoms with Crippen molar-refractivity contribution in [1.82, 2.24) is 15.1 Å². The second kappa shape index (κ2) is 6.15. The number of anilines is 1. The zero-order valence-corrected chi connectivity index (χ0v) is 10.5. The summed E-state index contributed by atoms with van der Waals surface area (Å²) in [5.74, 6) is 0. The quantitative estimate of drug-likeness (QED) is 0.860. The zero-order chi connectivity index (χ0) is 12.9. The summed E-state index contributed by atoms with van der Waals surface area (Å²) in [5, 5.41) is 11.9. The molecule has 8 heteroatoms. The monoisotopic (exact) mass is 268 g/mol. The average molecular weight is 268 g/mol. The van der Waals surface area contributed by atoms with E-state index in [1.165, 1.54) is 16.2 Å². The van der Waals surface area contributed by atoms with E-state index in [2.05, 4.69) is 15.5 Å². The molecule has 0 aromatic carbocycles. The molecule has 1 aromatic heterocycles. The van der Waals surface area contributed by atoms with Gasteiger partial charge in [0.1, 0.15) is 5.01 Å². The number of hydrogen-bond donors (Lipinski definition) is 1. The van der Waals surface area contributed by atoms with Gasteiger partial charge in [0.05, 0.1) is 13.1 Å². The molecule has 0 aliphatic heterocycles. The maximum absolute atomic E-state index is 12.2. The molecule has 1 N–H and O–H groups in total. The van der Waals surface area contributed by atoms with Crippen LogP contribution in [0.1, 0.15) is 18.9 Å². The Bertz CT molecular complexity index is 339. The minimum atomic E-state index is -4.18. The van der Waals surface area contributed by atoms with Gasteiger partial charge in [-0.15, -0.1) is 10.2 Å². The van der Waals surface area contributed by atoms with E-state index in [9.17, 15) is 13.2 Å². The Hall–Kier alpha value is -0.890. The van der Waals surface area contributed by atoms with Gasteiger partial charge < -0.3 is 5.32 Å². The molecule has 0 saturated carbocycles. The molecule has 4 nitrogen and oxygen atoms in total. The van der Waals surface area contributed by atoms with Crippen LogP contribution in [0.4, 0.5) is 18.3 Å². The first-order valence-corrected chi connectivity index (χ1v) is 6.11. The SMILES string of the molecule is CCNc1nnc(CN(CC)CC(F)(F)F)s1. The lowest BCUT2D eigenvalue weighted by atomic mass is 10.4. The van der Waals surface area contributed by atoms with Crippen molar-refractivity contribution in [3.8, 4) is 0 Å². The number of alkyl halides is 3. The van der Waals surface area contributed by atoms with Crippen molar-refractivity contribution >= 4 is 16.5 Å². The first-order valence-electron chi connectivity index (χ1n) is 5.30. The molecule has 1 aromatic rings. The van der Waals surface area contributed by atoms with Crippen molar-refractivity contribution < 1.29 is 13.2 Å². The molecule has 0 aliphatic carbocycles. The molecule has 0 spiro atoms. The summed E-state index contributed by atoms with van der Waals surface area (Å²) in [7, 11) is 0. The fraction of sp³-hybridized carbons (Fsp3) is 0.778. The van der Waals surface area contributed by atoms with E-state index in [0.717, 1.165) is 0 Å². The predicted octanol–water partition coefficient (Wildman–Crippen LogP) is 2.35. The Morgan fingerprint density at radius 3 is 2.53 bits per heavy atom. The fourth-order valence-electron chi connectivity index (χ4n) is 1.26. The zero-order valence-electron chi connectivity index (χ0n) is 9.71. The van der Waals surface area contributed by atoms with E-state index in [1.807, 2.05) is 6.92 Å². The third-order valence-electron chi connectivity index (χ3n) is 2.00. The Morgan fingerprint density at radius 1 is 1.29 bits per heavy atom. The minimum Gasteiger partial charge on any atom is -0.360 e. The minimum absolute atomic E-state index is 0.180. The van der Waals surface area contributed by atoms with Crippen molar-refractivity contribution in [3.05, 3.63) is 5.01 Å². The first-order chi connectivity index (χ1) is 7.94. The smallest absolute Gasteiger partial charge is 0.360 e. The highest BCUT2D eigenvalue weighted by molar-refractivity contribution is 7.15. The summed E-state index contributed by atoms with van der Waals surface area (Å²) >= 11 is 1.28. The molecule has 0 amide bonds. The Morgan fingerprint density at radius 2 is 2.00 bits per heavy atom. The molecule has 0 fully saturated rings. The van der Waals surface area contributed by atoms with Crippen LogP contribution in [0.2, 0.25) is 0 Å². The molecular formula is C9H15F3N4S. The van der Waals surface area contributed by atoms with E-state index in [-0.39, 0.29) is 6.54 Å². The van der Waals surface area contributed by atoms with E-state index >= 15 is 0 Å². The molecule has 0 saturated heterocycles. The molecule has 98 valence electrons. The Balaban J connectivity index is 2.54. The van der Waals surface area contributed by atoms with Crippen LogP contribution in [-0.4, -0.2) is 40.9 Å². The average Bonchev–Trinajstić information content (AvgIpc) is 2.63. The summed E-state index contributed by atoms with van der Waals surface area (Å²) in [6.45, 7) is 3.92. The highest BCUT2D eigenvalue weighted by atomic mass is 32.1. The Labute approximate surface area is 102 Å². The summed E-state index contributed by atoms with van der Waals surface area (Å²) < 4.78 is 36.7. The van der Waals surface area contributed by atoms with Crippen LogP contribution in [0.15, 0.2) is 0 Å². The maximum Gasteiger partial charge on any atom is 0.401 e. The van der Waals surface area contributed by atoms with Gasteiger partial charge in [-0.2, -0.15) is 13.2 Å². The van der Waals surface area contributed by atoms with Gasteiger partial charge in [0.2, 0.25) is 5.13 Å². The standard InChI is InChI=1S/C9H15F3N4S/c1-3-13-8-15-14-7(17-8)5-16(4-2)6-9(10,11)12/h3-6H2,1-2H3,(H,13,15).